The molecule has 2 aromatic carbocycles. The second-order valence-corrected chi connectivity index (χ2v) is 7.52. The number of nitro groups is 1. The number of nitro benzene ring substituents is 1. The van der Waals surface area contributed by atoms with Crippen LogP contribution in [-0.2, 0) is 12.5 Å². The third-order valence-corrected chi connectivity index (χ3v) is 4.58. The third kappa shape index (κ3) is 3.48. The van der Waals surface area contributed by atoms with Gasteiger partial charge in [-0.3, -0.25) is 14.9 Å². The zero-order chi connectivity index (χ0) is 20.6. The highest BCUT2D eigenvalue weighted by Crippen LogP contribution is 2.39. The van der Waals surface area contributed by atoms with Gasteiger partial charge < -0.3 is 9.67 Å². The molecule has 8 heteroatoms. The van der Waals surface area contributed by atoms with Crippen molar-refractivity contribution in [1.29, 1.82) is 0 Å². The Kier molecular flexibility index (Phi) is 4.72. The van der Waals surface area contributed by atoms with Crippen molar-refractivity contribution >= 4 is 28.2 Å². The van der Waals surface area contributed by atoms with Crippen molar-refractivity contribution in [3.8, 4) is 5.88 Å². The molecule has 8 nitrogen and oxygen atoms in total. The van der Waals surface area contributed by atoms with E-state index < -0.39 is 10.8 Å². The number of aryl methyl sites for hydroxylation is 1. The summed E-state index contributed by atoms with van der Waals surface area (Å²) in [4.78, 5) is 22.8. The van der Waals surface area contributed by atoms with E-state index in [0.29, 0.717) is 16.5 Å². The van der Waals surface area contributed by atoms with Gasteiger partial charge in [-0.1, -0.05) is 32.9 Å². The number of non-ortho nitro benzene ring substituents is 1. The minimum absolute atomic E-state index is 0.0147. The summed E-state index contributed by atoms with van der Waals surface area (Å²) in [5, 5.41) is 29.2. The molecule has 0 aliphatic rings. The van der Waals surface area contributed by atoms with E-state index in [4.69, 9.17) is 0 Å². The normalized spacial score (nSPS) is 12.0. The number of benzene rings is 2. The van der Waals surface area contributed by atoms with Crippen LogP contribution in [0.5, 0.6) is 5.88 Å². The van der Waals surface area contributed by atoms with Crippen molar-refractivity contribution in [2.24, 2.45) is 17.3 Å². The van der Waals surface area contributed by atoms with E-state index >= 15 is 0 Å². The van der Waals surface area contributed by atoms with E-state index in [0.717, 1.165) is 5.56 Å². The lowest BCUT2D eigenvalue weighted by atomic mass is 9.87. The van der Waals surface area contributed by atoms with E-state index in [2.05, 4.69) is 31.0 Å². The molecule has 3 aromatic rings. The Morgan fingerprint density at radius 2 is 1.79 bits per heavy atom. The molecular weight excluding hydrogens is 360 g/mol. The Morgan fingerprint density at radius 1 is 1.14 bits per heavy atom. The number of aromatic nitrogens is 1. The fourth-order valence-electron chi connectivity index (χ4n) is 2.88. The SMILES string of the molecule is Cn1c(O)c(N=NC(=O)c2ccc(C(C)(C)C)cc2)c2cc([N+](=O)[O-])ccc21. The van der Waals surface area contributed by atoms with Crippen molar-refractivity contribution in [2.45, 2.75) is 26.2 Å². The zero-order valence-corrected chi connectivity index (χ0v) is 16.0. The fraction of sp³-hybridized carbons (Fsp3) is 0.250. The minimum atomic E-state index is -0.567. The standard InChI is InChI=1S/C20H20N4O4/c1-20(2,3)13-7-5-12(6-8-13)18(25)22-21-17-15-11-14(24(27)28)9-10-16(15)23(4)19(17)26/h5-11,26H,1-4H3. The molecule has 0 aliphatic carbocycles. The summed E-state index contributed by atoms with van der Waals surface area (Å²) < 4.78 is 1.43. The molecule has 0 saturated carbocycles. The van der Waals surface area contributed by atoms with Crippen LogP contribution in [0.4, 0.5) is 11.4 Å². The number of carbonyl (C=O) groups is 1. The van der Waals surface area contributed by atoms with Gasteiger partial charge in [-0.05, 0) is 29.2 Å². The fourth-order valence-corrected chi connectivity index (χ4v) is 2.88. The monoisotopic (exact) mass is 380 g/mol. The van der Waals surface area contributed by atoms with Crippen molar-refractivity contribution in [3.63, 3.8) is 0 Å². The largest absolute Gasteiger partial charge is 0.493 e. The smallest absolute Gasteiger partial charge is 0.295 e. The Labute approximate surface area is 161 Å². The first-order valence-corrected chi connectivity index (χ1v) is 8.62. The minimum Gasteiger partial charge on any atom is -0.493 e. The molecule has 0 bridgehead atoms. The van der Waals surface area contributed by atoms with E-state index in [-0.39, 0.29) is 22.7 Å². The van der Waals surface area contributed by atoms with Crippen LogP contribution in [0.15, 0.2) is 52.7 Å². The van der Waals surface area contributed by atoms with Gasteiger partial charge in [0, 0.05) is 30.1 Å². The molecule has 3 rings (SSSR count). The summed E-state index contributed by atoms with van der Waals surface area (Å²) in [7, 11) is 1.59. The molecule has 0 radical (unpaired) electrons. The summed E-state index contributed by atoms with van der Waals surface area (Å²) in [6.45, 7) is 6.23. The van der Waals surface area contributed by atoms with E-state index in [1.54, 1.807) is 19.2 Å². The van der Waals surface area contributed by atoms with Crippen LogP contribution in [0.3, 0.4) is 0 Å². The summed E-state index contributed by atoms with van der Waals surface area (Å²) in [5.74, 6) is -0.794. The van der Waals surface area contributed by atoms with Crippen molar-refractivity contribution in [1.82, 2.24) is 4.57 Å². The number of azo groups is 1. The molecule has 0 unspecified atom stereocenters. The van der Waals surface area contributed by atoms with Crippen LogP contribution in [0.1, 0.15) is 36.7 Å². The van der Waals surface area contributed by atoms with Gasteiger partial charge in [0.05, 0.1) is 10.4 Å². The first-order chi connectivity index (χ1) is 13.1. The zero-order valence-electron chi connectivity index (χ0n) is 16.0. The van der Waals surface area contributed by atoms with Crippen LogP contribution in [0.2, 0.25) is 0 Å². The lowest BCUT2D eigenvalue weighted by Gasteiger charge is -2.18. The summed E-state index contributed by atoms with van der Waals surface area (Å²) in [6.07, 6.45) is 0. The Bertz CT molecular complexity index is 1110. The maximum Gasteiger partial charge on any atom is 0.295 e. The maximum absolute atomic E-state index is 12.4. The molecule has 1 N–H and O–H groups in total. The van der Waals surface area contributed by atoms with E-state index in [1.165, 1.54) is 22.8 Å². The van der Waals surface area contributed by atoms with Crippen LogP contribution < -0.4 is 0 Å². The van der Waals surface area contributed by atoms with Crippen molar-refractivity contribution < 1.29 is 14.8 Å². The molecule has 0 atom stereocenters. The van der Waals surface area contributed by atoms with Gasteiger partial charge in [0.15, 0.2) is 5.69 Å². The van der Waals surface area contributed by atoms with Crippen LogP contribution in [0.25, 0.3) is 10.9 Å². The first kappa shape index (κ1) is 19.2. The van der Waals surface area contributed by atoms with Gasteiger partial charge in [0.25, 0.3) is 11.6 Å². The van der Waals surface area contributed by atoms with Gasteiger partial charge in [-0.15, -0.1) is 10.2 Å². The number of aromatic hydroxyl groups is 1. The molecule has 0 saturated heterocycles. The molecule has 28 heavy (non-hydrogen) atoms. The number of nitrogens with zero attached hydrogens (tertiary/aromatic N) is 4. The molecule has 144 valence electrons. The third-order valence-electron chi connectivity index (χ3n) is 4.58. The summed E-state index contributed by atoms with van der Waals surface area (Å²) in [6, 6.07) is 11.2. The summed E-state index contributed by atoms with van der Waals surface area (Å²) >= 11 is 0. The summed E-state index contributed by atoms with van der Waals surface area (Å²) in [5.41, 5.74) is 1.83. The average molecular weight is 380 g/mol. The maximum atomic E-state index is 12.4. The lowest BCUT2D eigenvalue weighted by molar-refractivity contribution is -0.384. The number of amides is 1. The lowest BCUT2D eigenvalue weighted by Crippen LogP contribution is -2.11. The highest BCUT2D eigenvalue weighted by atomic mass is 16.6. The number of fused-ring (bicyclic) bond motifs is 1. The predicted molar refractivity (Wildman–Crippen MR) is 105 cm³/mol. The van der Waals surface area contributed by atoms with Crippen LogP contribution in [0, 0.1) is 10.1 Å². The number of hydrogen-bond donors (Lipinski definition) is 1. The second-order valence-electron chi connectivity index (χ2n) is 7.52. The molecule has 1 aromatic heterocycles. The topological polar surface area (TPSA) is 110 Å². The van der Waals surface area contributed by atoms with E-state index in [1.807, 2.05) is 12.1 Å². The molecule has 0 spiro atoms. The highest BCUT2D eigenvalue weighted by Gasteiger charge is 2.19. The quantitative estimate of drug-likeness (QED) is 0.391. The van der Waals surface area contributed by atoms with Gasteiger partial charge in [-0.25, -0.2) is 0 Å². The molecule has 1 amide bonds. The molecule has 0 aliphatic heterocycles. The van der Waals surface area contributed by atoms with Crippen molar-refractivity contribution in [3.05, 3.63) is 63.7 Å². The highest BCUT2D eigenvalue weighted by molar-refractivity contribution is 5.98. The number of rotatable bonds is 3. The molecule has 0 fully saturated rings. The van der Waals surface area contributed by atoms with Gasteiger partial charge in [-0.2, -0.15) is 0 Å². The number of hydrogen-bond acceptors (Lipinski definition) is 5. The van der Waals surface area contributed by atoms with Gasteiger partial charge >= 0.3 is 0 Å². The number of carbonyl (C=O) groups excluding carboxylic acids is 1. The van der Waals surface area contributed by atoms with Gasteiger partial charge in [0.1, 0.15) is 0 Å². The second kappa shape index (κ2) is 6.88. The average Bonchev–Trinajstić information content (AvgIpc) is 2.89. The molecular formula is C20H20N4O4. The van der Waals surface area contributed by atoms with Crippen LogP contribution in [-0.4, -0.2) is 20.5 Å². The molecule has 1 heterocycles. The van der Waals surface area contributed by atoms with E-state index in [9.17, 15) is 20.0 Å². The van der Waals surface area contributed by atoms with Crippen molar-refractivity contribution in [2.75, 3.05) is 0 Å². The Morgan fingerprint density at radius 3 is 2.36 bits per heavy atom. The predicted octanol–water partition coefficient (Wildman–Crippen LogP) is 5.01. The Balaban J connectivity index is 1.96. The van der Waals surface area contributed by atoms with Gasteiger partial charge in [0.2, 0.25) is 5.88 Å². The first-order valence-electron chi connectivity index (χ1n) is 8.62. The Hall–Kier alpha value is -3.55. The van der Waals surface area contributed by atoms with Crippen LogP contribution >= 0.6 is 0 Å².